The highest BCUT2D eigenvalue weighted by Gasteiger charge is 2.31. The van der Waals surface area contributed by atoms with Crippen molar-refractivity contribution in [1.29, 1.82) is 0 Å². The smallest absolute Gasteiger partial charge is 0.271 e. The number of imidazole rings is 1. The zero-order chi connectivity index (χ0) is 14.4. The van der Waals surface area contributed by atoms with E-state index in [1.165, 1.54) is 0 Å². The molecule has 0 N–H and O–H groups in total. The first kappa shape index (κ1) is 12.0. The standard InChI is InChI=1S/C15H12N6/c1-9-7-10(8-17-20-9)14-18-12-5-6-13(16-2)19-15(12)21(14)11-3-4-11/h5-8,11H,3-4H2,1H3. The fraction of sp³-hybridized carbons (Fsp3) is 0.267. The van der Waals surface area contributed by atoms with Crippen LogP contribution in [0.25, 0.3) is 27.4 Å². The van der Waals surface area contributed by atoms with Crippen molar-refractivity contribution >= 4 is 17.0 Å². The van der Waals surface area contributed by atoms with Crippen molar-refractivity contribution in [2.75, 3.05) is 0 Å². The van der Waals surface area contributed by atoms with Crippen LogP contribution in [0.5, 0.6) is 0 Å². The SMILES string of the molecule is [C-]#[N+]c1ccc2nc(-c3cnnc(C)c3)n(C3CC3)c2n1. The number of pyridine rings is 1. The first-order chi connectivity index (χ1) is 10.3. The topological polar surface area (TPSA) is 60.9 Å². The van der Waals surface area contributed by atoms with Crippen LogP contribution < -0.4 is 0 Å². The van der Waals surface area contributed by atoms with Crippen LogP contribution in [0.2, 0.25) is 0 Å². The molecule has 3 heterocycles. The summed E-state index contributed by atoms with van der Waals surface area (Å²) in [4.78, 5) is 12.5. The molecular formula is C15H12N6. The summed E-state index contributed by atoms with van der Waals surface area (Å²) < 4.78 is 2.14. The Kier molecular flexibility index (Phi) is 2.48. The predicted molar refractivity (Wildman–Crippen MR) is 77.8 cm³/mol. The Bertz CT molecular complexity index is 885. The molecule has 1 saturated carbocycles. The second kappa shape index (κ2) is 4.35. The normalized spacial score (nSPS) is 14.3. The molecule has 0 bridgehead atoms. The molecule has 3 aromatic heterocycles. The van der Waals surface area contributed by atoms with E-state index in [0.717, 1.165) is 41.1 Å². The van der Waals surface area contributed by atoms with Crippen LogP contribution in [0.15, 0.2) is 24.4 Å². The van der Waals surface area contributed by atoms with Crippen molar-refractivity contribution in [1.82, 2.24) is 24.7 Å². The van der Waals surface area contributed by atoms with Gasteiger partial charge in [-0.25, -0.2) is 4.98 Å². The molecule has 102 valence electrons. The van der Waals surface area contributed by atoms with Gasteiger partial charge in [0.25, 0.3) is 11.5 Å². The van der Waals surface area contributed by atoms with E-state index in [2.05, 4.69) is 24.6 Å². The Balaban J connectivity index is 2.00. The van der Waals surface area contributed by atoms with Crippen LogP contribution in [0.4, 0.5) is 5.82 Å². The van der Waals surface area contributed by atoms with E-state index in [1.807, 2.05) is 19.1 Å². The molecule has 0 unspecified atom stereocenters. The maximum atomic E-state index is 7.13. The number of hydrogen-bond donors (Lipinski definition) is 0. The quantitative estimate of drug-likeness (QED) is 0.675. The fourth-order valence-electron chi connectivity index (χ4n) is 2.50. The highest BCUT2D eigenvalue weighted by atomic mass is 15.2. The van der Waals surface area contributed by atoms with Crippen LogP contribution >= 0.6 is 0 Å². The van der Waals surface area contributed by atoms with E-state index in [0.29, 0.717) is 11.9 Å². The molecule has 3 aromatic rings. The molecule has 0 radical (unpaired) electrons. The number of aromatic nitrogens is 5. The molecule has 0 aromatic carbocycles. The van der Waals surface area contributed by atoms with Crippen molar-refractivity contribution in [3.63, 3.8) is 0 Å². The first-order valence-electron chi connectivity index (χ1n) is 6.82. The highest BCUT2D eigenvalue weighted by molar-refractivity contribution is 5.79. The Morgan fingerprint density at radius 2 is 2.14 bits per heavy atom. The number of hydrogen-bond acceptors (Lipinski definition) is 4. The average Bonchev–Trinajstić information content (AvgIpc) is 3.26. The third-order valence-corrected chi connectivity index (χ3v) is 3.58. The van der Waals surface area contributed by atoms with Crippen molar-refractivity contribution < 1.29 is 0 Å². The zero-order valence-corrected chi connectivity index (χ0v) is 11.5. The summed E-state index contributed by atoms with van der Waals surface area (Å²) in [7, 11) is 0. The van der Waals surface area contributed by atoms with E-state index in [-0.39, 0.29) is 0 Å². The van der Waals surface area contributed by atoms with Gasteiger partial charge in [-0.2, -0.15) is 10.2 Å². The van der Waals surface area contributed by atoms with Gasteiger partial charge >= 0.3 is 0 Å². The molecule has 1 fully saturated rings. The van der Waals surface area contributed by atoms with Crippen molar-refractivity contribution in [3.05, 3.63) is 41.5 Å². The Labute approximate surface area is 121 Å². The third kappa shape index (κ3) is 1.94. The van der Waals surface area contributed by atoms with Crippen molar-refractivity contribution in [2.24, 2.45) is 0 Å². The van der Waals surface area contributed by atoms with Gasteiger partial charge in [0.2, 0.25) is 0 Å². The molecule has 1 aliphatic carbocycles. The molecule has 1 aliphatic rings. The minimum absolute atomic E-state index is 0.403. The van der Waals surface area contributed by atoms with Crippen LogP contribution in [-0.2, 0) is 0 Å². The van der Waals surface area contributed by atoms with Crippen molar-refractivity contribution in [2.45, 2.75) is 25.8 Å². The maximum Gasteiger partial charge on any atom is 0.271 e. The molecule has 0 saturated heterocycles. The number of rotatable bonds is 2. The average molecular weight is 276 g/mol. The third-order valence-electron chi connectivity index (χ3n) is 3.58. The molecule has 0 spiro atoms. The zero-order valence-electron chi connectivity index (χ0n) is 11.5. The summed E-state index contributed by atoms with van der Waals surface area (Å²) in [6.45, 7) is 9.04. The Hall–Kier alpha value is -2.81. The summed E-state index contributed by atoms with van der Waals surface area (Å²) in [5.74, 6) is 1.26. The summed E-state index contributed by atoms with van der Waals surface area (Å²) >= 11 is 0. The van der Waals surface area contributed by atoms with E-state index in [4.69, 9.17) is 11.6 Å². The van der Waals surface area contributed by atoms with Crippen LogP contribution in [-0.4, -0.2) is 24.7 Å². The van der Waals surface area contributed by atoms with E-state index >= 15 is 0 Å². The molecule has 21 heavy (non-hydrogen) atoms. The van der Waals surface area contributed by atoms with Gasteiger partial charge in [0.1, 0.15) is 11.3 Å². The summed E-state index contributed by atoms with van der Waals surface area (Å²) in [6.07, 6.45) is 3.97. The maximum absolute atomic E-state index is 7.13. The summed E-state index contributed by atoms with van der Waals surface area (Å²) in [5, 5.41) is 8.01. The molecular weight excluding hydrogens is 264 g/mol. The monoisotopic (exact) mass is 276 g/mol. The van der Waals surface area contributed by atoms with Crippen LogP contribution in [0.1, 0.15) is 24.6 Å². The molecule has 6 heteroatoms. The lowest BCUT2D eigenvalue weighted by Crippen LogP contribution is -1.99. The van der Waals surface area contributed by atoms with E-state index in [9.17, 15) is 0 Å². The van der Waals surface area contributed by atoms with Gasteiger partial charge in [0.15, 0.2) is 0 Å². The van der Waals surface area contributed by atoms with Crippen LogP contribution in [0.3, 0.4) is 0 Å². The largest absolute Gasteiger partial charge is 0.361 e. The first-order valence-corrected chi connectivity index (χ1v) is 6.82. The van der Waals surface area contributed by atoms with Gasteiger partial charge in [0, 0.05) is 11.6 Å². The number of fused-ring (bicyclic) bond motifs is 1. The fourth-order valence-corrected chi connectivity index (χ4v) is 2.50. The molecule has 6 nitrogen and oxygen atoms in total. The lowest BCUT2D eigenvalue weighted by molar-refractivity contribution is 0.765. The Morgan fingerprint density at radius 1 is 1.29 bits per heavy atom. The lowest BCUT2D eigenvalue weighted by atomic mass is 10.2. The summed E-state index contributed by atoms with van der Waals surface area (Å²) in [5.41, 5.74) is 3.41. The molecule has 0 atom stereocenters. The molecule has 4 rings (SSSR count). The second-order valence-corrected chi connectivity index (χ2v) is 5.25. The van der Waals surface area contributed by atoms with Gasteiger partial charge in [-0.1, -0.05) is 11.6 Å². The van der Waals surface area contributed by atoms with Gasteiger partial charge in [-0.15, -0.1) is 0 Å². The van der Waals surface area contributed by atoms with Gasteiger partial charge in [-0.05, 0) is 38.0 Å². The van der Waals surface area contributed by atoms with E-state index in [1.54, 1.807) is 12.3 Å². The molecule has 0 aliphatic heterocycles. The molecule has 0 amide bonds. The highest BCUT2D eigenvalue weighted by Crippen LogP contribution is 2.41. The van der Waals surface area contributed by atoms with Gasteiger partial charge in [-0.3, -0.25) is 4.57 Å². The minimum atomic E-state index is 0.403. The van der Waals surface area contributed by atoms with Gasteiger partial charge in [0.05, 0.1) is 11.9 Å². The number of aryl methyl sites for hydroxylation is 1. The van der Waals surface area contributed by atoms with E-state index < -0.39 is 0 Å². The second-order valence-electron chi connectivity index (χ2n) is 5.25. The van der Waals surface area contributed by atoms with Crippen molar-refractivity contribution in [3.8, 4) is 11.4 Å². The van der Waals surface area contributed by atoms with Gasteiger partial charge < -0.3 is 4.85 Å². The van der Waals surface area contributed by atoms with Crippen LogP contribution in [0, 0.1) is 13.5 Å². The minimum Gasteiger partial charge on any atom is -0.361 e. The number of nitrogens with zero attached hydrogens (tertiary/aromatic N) is 6. The predicted octanol–water partition coefficient (Wildman–Crippen LogP) is 3.08. The Morgan fingerprint density at radius 3 is 2.86 bits per heavy atom. The lowest BCUT2D eigenvalue weighted by Gasteiger charge is -2.05. The summed E-state index contributed by atoms with van der Waals surface area (Å²) in [6, 6.07) is 5.97.